The van der Waals surface area contributed by atoms with Crippen LogP contribution >= 0.6 is 11.6 Å². The van der Waals surface area contributed by atoms with Gasteiger partial charge in [-0.3, -0.25) is 14.9 Å². The average molecular weight is 327 g/mol. The Morgan fingerprint density at radius 1 is 1.23 bits per heavy atom. The lowest BCUT2D eigenvalue weighted by Gasteiger charge is -2.21. The second-order valence-electron chi connectivity index (χ2n) is 5.42. The fourth-order valence-electron chi connectivity index (χ4n) is 2.10. The van der Waals surface area contributed by atoms with Crippen LogP contribution in [0.5, 0.6) is 0 Å². The first-order valence-corrected chi connectivity index (χ1v) is 7.74. The van der Waals surface area contributed by atoms with Crippen molar-refractivity contribution in [2.75, 3.05) is 6.54 Å². The van der Waals surface area contributed by atoms with E-state index in [9.17, 15) is 9.59 Å². The van der Waals surface area contributed by atoms with Crippen LogP contribution < -0.4 is 10.6 Å². The van der Waals surface area contributed by atoms with Crippen molar-refractivity contribution in [3.05, 3.63) is 34.9 Å². The average Bonchev–Trinajstić information content (AvgIpc) is 2.47. The molecule has 1 rings (SSSR count). The van der Waals surface area contributed by atoms with Gasteiger partial charge < -0.3 is 10.4 Å². The molecular formula is C16H23ClN2O3. The van der Waals surface area contributed by atoms with E-state index >= 15 is 0 Å². The summed E-state index contributed by atoms with van der Waals surface area (Å²) < 4.78 is 0. The van der Waals surface area contributed by atoms with Crippen LogP contribution in [-0.4, -0.2) is 29.6 Å². The molecule has 0 aromatic heterocycles. The predicted molar refractivity (Wildman–Crippen MR) is 86.9 cm³/mol. The largest absolute Gasteiger partial charge is 0.480 e. The molecule has 0 fully saturated rings. The fourth-order valence-corrected chi connectivity index (χ4v) is 2.22. The minimum Gasteiger partial charge on any atom is -0.480 e. The number of carboxylic acids is 1. The van der Waals surface area contributed by atoms with Crippen molar-refractivity contribution in [2.45, 2.75) is 39.3 Å². The maximum absolute atomic E-state index is 11.9. The van der Waals surface area contributed by atoms with Crippen molar-refractivity contribution in [2.24, 2.45) is 5.92 Å². The molecule has 0 saturated carbocycles. The van der Waals surface area contributed by atoms with E-state index in [4.69, 9.17) is 16.7 Å². The van der Waals surface area contributed by atoms with Gasteiger partial charge in [0.2, 0.25) is 5.91 Å². The molecule has 0 radical (unpaired) electrons. The predicted octanol–water partition coefficient (Wildman–Crippen LogP) is 2.61. The standard InChI is InChI=1S/C16H23ClN2O3/c1-4-10(2)15(16(21)22)18-9-14(20)19-11(3)12-5-7-13(17)8-6-12/h5-8,10-11,15,18H,4,9H2,1-3H3,(H,19,20)(H,21,22)/t10-,11?,15-/m0/s1. The van der Waals surface area contributed by atoms with Gasteiger partial charge in [0, 0.05) is 5.02 Å². The first kappa shape index (κ1) is 18.5. The minimum absolute atomic E-state index is 0.0285. The highest BCUT2D eigenvalue weighted by Crippen LogP contribution is 2.15. The monoisotopic (exact) mass is 326 g/mol. The number of nitrogens with one attached hydrogen (secondary N) is 2. The Balaban J connectivity index is 2.51. The summed E-state index contributed by atoms with van der Waals surface area (Å²) in [5.74, 6) is -1.22. The van der Waals surface area contributed by atoms with E-state index in [1.807, 2.05) is 32.9 Å². The number of carboxylic acid groups (broad SMARTS) is 1. The van der Waals surface area contributed by atoms with Crippen LogP contribution in [0.3, 0.4) is 0 Å². The zero-order chi connectivity index (χ0) is 16.7. The quantitative estimate of drug-likeness (QED) is 0.686. The Hall–Kier alpha value is -1.59. The fraction of sp³-hybridized carbons (Fsp3) is 0.500. The van der Waals surface area contributed by atoms with Gasteiger partial charge in [-0.25, -0.2) is 0 Å². The van der Waals surface area contributed by atoms with Crippen molar-refractivity contribution >= 4 is 23.5 Å². The molecule has 0 aliphatic carbocycles. The molecular weight excluding hydrogens is 304 g/mol. The van der Waals surface area contributed by atoms with Gasteiger partial charge in [-0.05, 0) is 30.5 Å². The Bertz CT molecular complexity index is 505. The number of aliphatic carboxylic acids is 1. The number of halogens is 1. The summed E-state index contributed by atoms with van der Waals surface area (Å²) >= 11 is 5.83. The summed E-state index contributed by atoms with van der Waals surface area (Å²) in [5.41, 5.74) is 0.939. The van der Waals surface area contributed by atoms with E-state index in [2.05, 4.69) is 10.6 Å². The van der Waals surface area contributed by atoms with Crippen molar-refractivity contribution in [3.63, 3.8) is 0 Å². The molecule has 5 nitrogen and oxygen atoms in total. The van der Waals surface area contributed by atoms with Gasteiger partial charge in [0.1, 0.15) is 6.04 Å². The summed E-state index contributed by atoms with van der Waals surface area (Å²) in [6.07, 6.45) is 0.729. The van der Waals surface area contributed by atoms with E-state index in [1.165, 1.54) is 0 Å². The van der Waals surface area contributed by atoms with Crippen LogP contribution in [-0.2, 0) is 9.59 Å². The smallest absolute Gasteiger partial charge is 0.320 e. The molecule has 1 amide bonds. The van der Waals surface area contributed by atoms with Gasteiger partial charge in [0.15, 0.2) is 0 Å². The molecule has 22 heavy (non-hydrogen) atoms. The number of hydrogen-bond donors (Lipinski definition) is 3. The van der Waals surface area contributed by atoms with E-state index in [1.54, 1.807) is 12.1 Å². The van der Waals surface area contributed by atoms with Gasteiger partial charge >= 0.3 is 5.97 Å². The Kier molecular flexibility index (Phi) is 7.35. The van der Waals surface area contributed by atoms with Gasteiger partial charge in [0.05, 0.1) is 12.6 Å². The maximum Gasteiger partial charge on any atom is 0.320 e. The molecule has 0 bridgehead atoms. The lowest BCUT2D eigenvalue weighted by atomic mass is 9.99. The van der Waals surface area contributed by atoms with E-state index < -0.39 is 12.0 Å². The number of amides is 1. The zero-order valence-corrected chi connectivity index (χ0v) is 13.9. The molecule has 1 unspecified atom stereocenters. The van der Waals surface area contributed by atoms with Crippen LogP contribution in [0.4, 0.5) is 0 Å². The lowest BCUT2D eigenvalue weighted by molar-refractivity contribution is -0.141. The molecule has 0 spiro atoms. The minimum atomic E-state index is -0.937. The number of carbonyl (C=O) groups excluding carboxylic acids is 1. The van der Waals surface area contributed by atoms with Gasteiger partial charge in [-0.15, -0.1) is 0 Å². The lowest BCUT2D eigenvalue weighted by Crippen LogP contribution is -2.46. The van der Waals surface area contributed by atoms with E-state index in [0.29, 0.717) is 5.02 Å². The van der Waals surface area contributed by atoms with Gasteiger partial charge in [-0.1, -0.05) is 44.0 Å². The Morgan fingerprint density at radius 3 is 2.32 bits per heavy atom. The van der Waals surface area contributed by atoms with Crippen molar-refractivity contribution in [1.29, 1.82) is 0 Å². The topological polar surface area (TPSA) is 78.4 Å². The van der Waals surface area contributed by atoms with Crippen LogP contribution in [0.25, 0.3) is 0 Å². The molecule has 0 saturated heterocycles. The van der Waals surface area contributed by atoms with Gasteiger partial charge in [-0.2, -0.15) is 0 Å². The summed E-state index contributed by atoms with van der Waals surface area (Å²) in [6, 6.07) is 6.34. The highest BCUT2D eigenvalue weighted by Gasteiger charge is 2.23. The summed E-state index contributed by atoms with van der Waals surface area (Å²) in [5, 5.41) is 15.4. The molecule has 0 aliphatic rings. The third kappa shape index (κ3) is 5.66. The second-order valence-corrected chi connectivity index (χ2v) is 5.86. The third-order valence-electron chi connectivity index (χ3n) is 3.71. The molecule has 0 aliphatic heterocycles. The maximum atomic E-state index is 11.9. The first-order chi connectivity index (χ1) is 10.3. The highest BCUT2D eigenvalue weighted by molar-refractivity contribution is 6.30. The number of carbonyl (C=O) groups is 2. The SMILES string of the molecule is CC[C@H](C)[C@H](NCC(=O)NC(C)c1ccc(Cl)cc1)C(=O)O. The Morgan fingerprint density at radius 2 is 1.82 bits per heavy atom. The zero-order valence-electron chi connectivity index (χ0n) is 13.1. The van der Waals surface area contributed by atoms with Crippen LogP contribution in [0.15, 0.2) is 24.3 Å². The van der Waals surface area contributed by atoms with E-state index in [0.717, 1.165) is 12.0 Å². The van der Waals surface area contributed by atoms with E-state index in [-0.39, 0.29) is 24.4 Å². The normalized spacial score (nSPS) is 14.9. The van der Waals surface area contributed by atoms with Crippen molar-refractivity contribution < 1.29 is 14.7 Å². The van der Waals surface area contributed by atoms with Crippen LogP contribution in [0.2, 0.25) is 5.02 Å². The molecule has 3 N–H and O–H groups in total. The second kappa shape index (κ2) is 8.76. The summed E-state index contributed by atoms with van der Waals surface area (Å²) in [4.78, 5) is 23.1. The van der Waals surface area contributed by atoms with Gasteiger partial charge in [0.25, 0.3) is 0 Å². The summed E-state index contributed by atoms with van der Waals surface area (Å²) in [7, 11) is 0. The molecule has 3 atom stereocenters. The molecule has 6 heteroatoms. The van der Waals surface area contributed by atoms with Crippen molar-refractivity contribution in [3.8, 4) is 0 Å². The molecule has 122 valence electrons. The molecule has 1 aromatic carbocycles. The van der Waals surface area contributed by atoms with Crippen LogP contribution in [0, 0.1) is 5.92 Å². The number of rotatable bonds is 8. The number of hydrogen-bond acceptors (Lipinski definition) is 3. The summed E-state index contributed by atoms with van der Waals surface area (Å²) in [6.45, 7) is 5.61. The highest BCUT2D eigenvalue weighted by atomic mass is 35.5. The Labute approximate surface area is 136 Å². The number of benzene rings is 1. The van der Waals surface area contributed by atoms with Crippen LogP contribution in [0.1, 0.15) is 38.8 Å². The third-order valence-corrected chi connectivity index (χ3v) is 3.96. The molecule has 0 heterocycles. The van der Waals surface area contributed by atoms with Crippen molar-refractivity contribution in [1.82, 2.24) is 10.6 Å². The molecule has 1 aromatic rings. The first-order valence-electron chi connectivity index (χ1n) is 7.36.